The molecule has 1 saturated heterocycles. The molecule has 1 aliphatic heterocycles. The van der Waals surface area contributed by atoms with E-state index in [1.807, 2.05) is 0 Å². The average molecular weight is 547 g/mol. The summed E-state index contributed by atoms with van der Waals surface area (Å²) in [4.78, 5) is 27.5. The zero-order valence-electron chi connectivity index (χ0n) is 19.4. The number of amides is 2. The Bertz CT molecular complexity index is 1190. The minimum atomic E-state index is -3.92. The molecule has 2 amide bonds. The number of rotatable bonds is 11. The fraction of sp³-hybridized carbons (Fsp3) is 0.391. The molecule has 0 bridgehead atoms. The van der Waals surface area contributed by atoms with E-state index in [4.69, 9.17) is 11.6 Å². The second kappa shape index (κ2) is 11.2. The molecule has 36 heavy (non-hydrogen) atoms. The molecular weight excluding hydrogens is 521 g/mol. The summed E-state index contributed by atoms with van der Waals surface area (Å²) in [7, 11) is -3.92. The summed E-state index contributed by atoms with van der Waals surface area (Å²) in [6.07, 6.45) is 3.46. The average Bonchev–Trinajstić information content (AvgIpc) is 3.64. The van der Waals surface area contributed by atoms with Crippen LogP contribution < -0.4 is 14.9 Å². The van der Waals surface area contributed by atoms with Gasteiger partial charge in [-0.2, -0.15) is 17.4 Å². The summed E-state index contributed by atoms with van der Waals surface area (Å²) in [6, 6.07) is 2.29. The number of hydrogen-bond donors (Lipinski definition) is 2. The van der Waals surface area contributed by atoms with Gasteiger partial charge in [-0.15, -0.1) is 0 Å². The van der Waals surface area contributed by atoms with Crippen molar-refractivity contribution in [2.24, 2.45) is 0 Å². The number of nitrogens with one attached hydrogen (secondary N) is 2. The van der Waals surface area contributed by atoms with E-state index in [9.17, 15) is 31.2 Å². The number of carbonyl (C=O) groups is 2. The van der Waals surface area contributed by atoms with Gasteiger partial charge in [0, 0.05) is 42.7 Å². The van der Waals surface area contributed by atoms with Crippen molar-refractivity contribution < 1.29 is 31.2 Å². The van der Waals surface area contributed by atoms with Crippen molar-refractivity contribution in [2.75, 3.05) is 24.5 Å². The van der Waals surface area contributed by atoms with E-state index in [0.717, 1.165) is 21.3 Å². The van der Waals surface area contributed by atoms with Gasteiger partial charge in [0.1, 0.15) is 11.9 Å². The second-order valence-electron chi connectivity index (χ2n) is 8.41. The minimum absolute atomic E-state index is 0.0222. The van der Waals surface area contributed by atoms with E-state index in [0.29, 0.717) is 13.1 Å². The summed E-state index contributed by atoms with van der Waals surface area (Å²) in [5.74, 6) is -5.43. The molecule has 1 aromatic carbocycles. The number of anilines is 1. The Labute approximate surface area is 212 Å². The third kappa shape index (κ3) is 6.96. The molecule has 2 N–H and O–H groups in total. The zero-order valence-corrected chi connectivity index (χ0v) is 21.0. The minimum Gasteiger partial charge on any atom is -0.351 e. The normalized spacial score (nSPS) is 19.0. The first-order valence-corrected chi connectivity index (χ1v) is 12.8. The van der Waals surface area contributed by atoms with Gasteiger partial charge >= 0.3 is 0 Å². The largest absolute Gasteiger partial charge is 0.351 e. The lowest BCUT2D eigenvalue weighted by atomic mass is 9.87. The molecule has 1 aliphatic carbocycles. The van der Waals surface area contributed by atoms with Crippen molar-refractivity contribution in [1.29, 1.82) is 0 Å². The number of nitrogens with zero attached hydrogens (tertiary/aromatic N) is 2. The van der Waals surface area contributed by atoms with Gasteiger partial charge in [-0.05, 0) is 36.8 Å². The van der Waals surface area contributed by atoms with Gasteiger partial charge in [-0.25, -0.2) is 13.2 Å². The Kier molecular flexibility index (Phi) is 8.65. The fourth-order valence-corrected chi connectivity index (χ4v) is 4.79. The Hall–Kier alpha value is -2.67. The molecule has 8 nitrogen and oxygen atoms in total. The second-order valence-corrected chi connectivity index (χ2v) is 10.6. The summed E-state index contributed by atoms with van der Waals surface area (Å²) >= 11 is 6.33. The Morgan fingerprint density at radius 2 is 2.00 bits per heavy atom. The Morgan fingerprint density at radius 1 is 1.33 bits per heavy atom. The van der Waals surface area contributed by atoms with Crippen LogP contribution in [0.1, 0.15) is 19.8 Å². The molecule has 1 saturated carbocycles. The van der Waals surface area contributed by atoms with Crippen LogP contribution in [0.4, 0.5) is 18.9 Å². The van der Waals surface area contributed by atoms with E-state index in [2.05, 4.69) is 16.6 Å². The molecule has 1 aromatic rings. The van der Waals surface area contributed by atoms with Gasteiger partial charge < -0.3 is 5.32 Å². The number of alkyl halides is 2. The van der Waals surface area contributed by atoms with Crippen LogP contribution in [0, 0.1) is 5.82 Å². The summed E-state index contributed by atoms with van der Waals surface area (Å²) in [5.41, 5.74) is -0.161. The molecule has 196 valence electrons. The maximum Gasteiger partial charge on any atom is 0.280 e. The highest BCUT2D eigenvalue weighted by Gasteiger charge is 2.47. The van der Waals surface area contributed by atoms with Crippen molar-refractivity contribution >= 4 is 39.3 Å². The highest BCUT2D eigenvalue weighted by Crippen LogP contribution is 2.38. The Morgan fingerprint density at radius 3 is 2.56 bits per heavy atom. The van der Waals surface area contributed by atoms with E-state index >= 15 is 0 Å². The topological polar surface area (TPSA) is 98.6 Å². The van der Waals surface area contributed by atoms with Gasteiger partial charge in [-0.1, -0.05) is 36.4 Å². The molecule has 0 unspecified atom stereocenters. The first-order chi connectivity index (χ1) is 16.8. The smallest absolute Gasteiger partial charge is 0.280 e. The van der Waals surface area contributed by atoms with Gasteiger partial charge in [0.05, 0.1) is 6.54 Å². The molecule has 1 heterocycles. The lowest BCUT2D eigenvalue weighted by Crippen LogP contribution is -2.58. The number of halogens is 4. The monoisotopic (exact) mass is 546 g/mol. The van der Waals surface area contributed by atoms with E-state index in [1.54, 1.807) is 19.1 Å². The van der Waals surface area contributed by atoms with Crippen LogP contribution >= 0.6 is 11.6 Å². The standard InChI is InChI=1S/C23H26ClF3N4O4S/c1-3-4-8-19(24)15(2)21(22(33)29-17-12-23(26,27)13-17)31(18-7-5-6-16(25)11-18)20(32)14-28-36(34,35)30-9-10-30/h3-8,11,17,21,28H,2,9-10,12-14H2,1H3,(H,29,33)/b4-3-,19-8+/t21-/m0/s1. The lowest BCUT2D eigenvalue weighted by molar-refractivity contribution is -0.131. The van der Waals surface area contributed by atoms with Crippen molar-refractivity contribution in [3.05, 3.63) is 65.5 Å². The predicted octanol–water partition coefficient (Wildman–Crippen LogP) is 2.85. The number of benzene rings is 1. The maximum absolute atomic E-state index is 14.1. The van der Waals surface area contributed by atoms with Crippen LogP contribution in [-0.4, -0.2) is 62.2 Å². The van der Waals surface area contributed by atoms with Crippen LogP contribution in [0.15, 0.2) is 59.7 Å². The van der Waals surface area contributed by atoms with Gasteiger partial charge in [0.2, 0.25) is 11.8 Å². The van der Waals surface area contributed by atoms with Crippen LogP contribution in [0.3, 0.4) is 0 Å². The molecule has 1 atom stereocenters. The molecule has 0 spiro atoms. The van der Waals surface area contributed by atoms with Gasteiger partial charge in [0.25, 0.3) is 16.1 Å². The number of hydrogen-bond acceptors (Lipinski definition) is 4. The van der Waals surface area contributed by atoms with Crippen molar-refractivity contribution in [3.8, 4) is 0 Å². The van der Waals surface area contributed by atoms with Crippen LogP contribution in [-0.2, 0) is 19.8 Å². The molecule has 0 radical (unpaired) electrons. The highest BCUT2D eigenvalue weighted by molar-refractivity contribution is 7.87. The van der Waals surface area contributed by atoms with Crippen LogP contribution in [0.25, 0.3) is 0 Å². The van der Waals surface area contributed by atoms with E-state index in [-0.39, 0.29) is 16.3 Å². The van der Waals surface area contributed by atoms with Crippen molar-refractivity contribution in [1.82, 2.24) is 14.3 Å². The van der Waals surface area contributed by atoms with Crippen LogP contribution in [0.5, 0.6) is 0 Å². The molecule has 3 rings (SSSR count). The number of allylic oxidation sites excluding steroid dienone is 3. The molecular formula is C23H26ClF3N4O4S. The third-order valence-electron chi connectivity index (χ3n) is 5.52. The zero-order chi connectivity index (χ0) is 26.7. The van der Waals surface area contributed by atoms with Gasteiger partial charge in [0.15, 0.2) is 0 Å². The lowest BCUT2D eigenvalue weighted by Gasteiger charge is -2.38. The predicted molar refractivity (Wildman–Crippen MR) is 130 cm³/mol. The summed E-state index contributed by atoms with van der Waals surface area (Å²) in [6.45, 7) is 5.39. The third-order valence-corrected chi connectivity index (χ3v) is 7.44. The highest BCUT2D eigenvalue weighted by atomic mass is 35.5. The summed E-state index contributed by atoms with van der Waals surface area (Å²) in [5, 5.41) is 2.44. The van der Waals surface area contributed by atoms with Crippen molar-refractivity contribution in [2.45, 2.75) is 37.8 Å². The maximum atomic E-state index is 14.1. The van der Waals surface area contributed by atoms with Gasteiger partial charge in [-0.3, -0.25) is 14.5 Å². The first-order valence-electron chi connectivity index (χ1n) is 11.0. The SMILES string of the molecule is C=C(/C(Cl)=C\C=C/C)[C@@H](C(=O)NC1CC(F)(F)C1)N(C(=O)CNS(=O)(=O)N1CC1)c1cccc(F)c1. The summed E-state index contributed by atoms with van der Waals surface area (Å²) < 4.78 is 68.5. The van der Waals surface area contributed by atoms with Crippen LogP contribution in [0.2, 0.25) is 0 Å². The molecule has 13 heteroatoms. The molecule has 0 aromatic heterocycles. The Balaban J connectivity index is 1.98. The molecule has 2 fully saturated rings. The first kappa shape index (κ1) is 27.9. The quantitative estimate of drug-likeness (QED) is 0.329. The fourth-order valence-electron chi connectivity index (χ4n) is 3.57. The molecule has 2 aliphatic rings. The van der Waals surface area contributed by atoms with E-state index < -0.39 is 65.2 Å². The number of carbonyl (C=O) groups excluding carboxylic acids is 2. The van der Waals surface area contributed by atoms with Crippen molar-refractivity contribution in [3.63, 3.8) is 0 Å². The van der Waals surface area contributed by atoms with E-state index in [1.165, 1.54) is 18.2 Å².